The number of methoxy groups -OCH3 is 1. The van der Waals surface area contributed by atoms with Crippen molar-refractivity contribution in [3.63, 3.8) is 0 Å². The van der Waals surface area contributed by atoms with Gasteiger partial charge in [0.2, 0.25) is 0 Å². The number of benzene rings is 1. The average Bonchev–Trinajstić information content (AvgIpc) is 2.34. The second-order valence-corrected chi connectivity index (χ2v) is 4.11. The number of hydrogen-bond donors (Lipinski definition) is 1. The van der Waals surface area contributed by atoms with Crippen LogP contribution in [0.1, 0.15) is 10.4 Å². The van der Waals surface area contributed by atoms with Crippen LogP contribution in [0.5, 0.6) is 5.75 Å². The summed E-state index contributed by atoms with van der Waals surface area (Å²) in [7, 11) is 5.13. The number of nitrogens with one attached hydrogen (secondary N) is 1. The first kappa shape index (κ1) is 13.8. The topological polar surface area (TPSA) is 41.6 Å². The zero-order chi connectivity index (χ0) is 12.8. The van der Waals surface area contributed by atoms with Gasteiger partial charge in [0, 0.05) is 25.2 Å². The molecule has 94 valence electrons. The summed E-state index contributed by atoms with van der Waals surface area (Å²) < 4.78 is 5.15. The Morgan fingerprint density at radius 3 is 2.82 bits per heavy atom. The Morgan fingerprint density at radius 2 is 2.24 bits per heavy atom. The van der Waals surface area contributed by atoms with E-state index in [1.54, 1.807) is 30.1 Å². The van der Waals surface area contributed by atoms with Crippen LogP contribution in [-0.2, 0) is 0 Å². The van der Waals surface area contributed by atoms with Crippen LogP contribution >= 0.6 is 11.6 Å². The van der Waals surface area contributed by atoms with E-state index in [9.17, 15) is 4.79 Å². The van der Waals surface area contributed by atoms with Gasteiger partial charge in [-0.05, 0) is 25.2 Å². The van der Waals surface area contributed by atoms with E-state index in [0.29, 0.717) is 22.9 Å². The number of amides is 1. The lowest BCUT2D eigenvalue weighted by Crippen LogP contribution is -2.33. The van der Waals surface area contributed by atoms with Crippen LogP contribution in [0.4, 0.5) is 0 Å². The minimum Gasteiger partial charge on any atom is -0.496 e. The minimum absolute atomic E-state index is 0.0976. The molecule has 0 saturated carbocycles. The predicted molar refractivity (Wildman–Crippen MR) is 68.9 cm³/mol. The molecular formula is C12H17ClN2O2. The third kappa shape index (κ3) is 3.61. The zero-order valence-corrected chi connectivity index (χ0v) is 11.0. The van der Waals surface area contributed by atoms with Gasteiger partial charge in [-0.15, -0.1) is 0 Å². The quantitative estimate of drug-likeness (QED) is 0.871. The van der Waals surface area contributed by atoms with Crippen molar-refractivity contribution in [1.82, 2.24) is 10.2 Å². The van der Waals surface area contributed by atoms with Gasteiger partial charge in [0.05, 0.1) is 12.7 Å². The number of hydrogen-bond acceptors (Lipinski definition) is 3. The van der Waals surface area contributed by atoms with Gasteiger partial charge in [0.25, 0.3) is 5.91 Å². The van der Waals surface area contributed by atoms with Crippen LogP contribution in [0.25, 0.3) is 0 Å². The summed E-state index contributed by atoms with van der Waals surface area (Å²) in [6.45, 7) is 1.37. The predicted octanol–water partition coefficient (Wildman–Crippen LogP) is 1.64. The number of ether oxygens (including phenoxy) is 1. The maximum Gasteiger partial charge on any atom is 0.257 e. The normalized spacial score (nSPS) is 10.1. The first-order valence-corrected chi connectivity index (χ1v) is 5.71. The van der Waals surface area contributed by atoms with Crippen molar-refractivity contribution in [1.29, 1.82) is 0 Å². The summed E-state index contributed by atoms with van der Waals surface area (Å²) in [5.41, 5.74) is 0.485. The van der Waals surface area contributed by atoms with Gasteiger partial charge < -0.3 is 15.0 Å². The second kappa shape index (κ2) is 6.47. The highest BCUT2D eigenvalue weighted by Crippen LogP contribution is 2.23. The molecule has 0 aromatic heterocycles. The molecule has 4 nitrogen and oxygen atoms in total. The number of likely N-dealkylation sites (N-methyl/N-ethyl adjacent to an activating group) is 2. The van der Waals surface area contributed by atoms with Crippen LogP contribution in [0.2, 0.25) is 5.02 Å². The smallest absolute Gasteiger partial charge is 0.257 e. The molecule has 0 fully saturated rings. The molecule has 1 aromatic rings. The lowest BCUT2D eigenvalue weighted by Gasteiger charge is -2.18. The highest BCUT2D eigenvalue weighted by Gasteiger charge is 2.16. The Bertz CT molecular complexity index is 396. The van der Waals surface area contributed by atoms with Crippen molar-refractivity contribution in [2.24, 2.45) is 0 Å². The maximum atomic E-state index is 12.1. The Balaban J connectivity index is 2.90. The third-order valence-corrected chi connectivity index (χ3v) is 2.67. The van der Waals surface area contributed by atoms with Crippen molar-refractivity contribution in [2.45, 2.75) is 0 Å². The molecule has 0 heterocycles. The van der Waals surface area contributed by atoms with E-state index >= 15 is 0 Å². The monoisotopic (exact) mass is 256 g/mol. The van der Waals surface area contributed by atoms with E-state index in [2.05, 4.69) is 5.32 Å². The van der Waals surface area contributed by atoms with Crippen LogP contribution in [0, 0.1) is 0 Å². The Morgan fingerprint density at radius 1 is 1.53 bits per heavy atom. The van der Waals surface area contributed by atoms with Crippen LogP contribution in [0.15, 0.2) is 18.2 Å². The molecule has 0 radical (unpaired) electrons. The average molecular weight is 257 g/mol. The SMILES string of the molecule is CNCCN(C)C(=O)c1cc(Cl)ccc1OC. The summed E-state index contributed by atoms with van der Waals surface area (Å²) >= 11 is 5.89. The van der Waals surface area contributed by atoms with E-state index < -0.39 is 0 Å². The van der Waals surface area contributed by atoms with Gasteiger partial charge in [-0.2, -0.15) is 0 Å². The molecule has 0 saturated heterocycles. The van der Waals surface area contributed by atoms with Crippen molar-refractivity contribution < 1.29 is 9.53 Å². The van der Waals surface area contributed by atoms with Crippen molar-refractivity contribution in [3.05, 3.63) is 28.8 Å². The number of carbonyl (C=O) groups is 1. The first-order chi connectivity index (χ1) is 8.10. The van der Waals surface area contributed by atoms with E-state index in [0.717, 1.165) is 6.54 Å². The molecule has 1 aromatic carbocycles. The number of rotatable bonds is 5. The Hall–Kier alpha value is -1.26. The second-order valence-electron chi connectivity index (χ2n) is 3.67. The fraction of sp³-hybridized carbons (Fsp3) is 0.417. The number of halogens is 1. The van der Waals surface area contributed by atoms with Crippen LogP contribution < -0.4 is 10.1 Å². The number of nitrogens with zero attached hydrogens (tertiary/aromatic N) is 1. The maximum absolute atomic E-state index is 12.1. The van der Waals surface area contributed by atoms with E-state index in [1.807, 2.05) is 7.05 Å². The lowest BCUT2D eigenvalue weighted by atomic mass is 10.1. The van der Waals surface area contributed by atoms with E-state index in [1.165, 1.54) is 7.11 Å². The van der Waals surface area contributed by atoms with Gasteiger partial charge in [0.15, 0.2) is 0 Å². The van der Waals surface area contributed by atoms with Gasteiger partial charge in [-0.3, -0.25) is 4.79 Å². The molecule has 0 unspecified atom stereocenters. The highest BCUT2D eigenvalue weighted by molar-refractivity contribution is 6.31. The van der Waals surface area contributed by atoms with Gasteiger partial charge >= 0.3 is 0 Å². The molecule has 0 aliphatic rings. The fourth-order valence-corrected chi connectivity index (χ4v) is 1.61. The molecule has 0 bridgehead atoms. The van der Waals surface area contributed by atoms with Gasteiger partial charge in [-0.1, -0.05) is 11.6 Å². The number of carbonyl (C=O) groups excluding carboxylic acids is 1. The summed E-state index contributed by atoms with van der Waals surface area (Å²) in [6.07, 6.45) is 0. The molecule has 0 spiro atoms. The van der Waals surface area contributed by atoms with Crippen LogP contribution in [0.3, 0.4) is 0 Å². The van der Waals surface area contributed by atoms with Gasteiger partial charge in [0.1, 0.15) is 5.75 Å². The fourth-order valence-electron chi connectivity index (χ4n) is 1.43. The molecule has 0 aliphatic carbocycles. The van der Waals surface area contributed by atoms with Crippen molar-refractivity contribution in [2.75, 3.05) is 34.3 Å². The molecule has 0 aliphatic heterocycles. The molecule has 5 heteroatoms. The summed E-state index contributed by atoms with van der Waals surface area (Å²) in [4.78, 5) is 13.8. The Kier molecular flexibility index (Phi) is 5.25. The molecule has 1 N–H and O–H groups in total. The highest BCUT2D eigenvalue weighted by atomic mass is 35.5. The zero-order valence-electron chi connectivity index (χ0n) is 10.3. The molecule has 1 rings (SSSR count). The lowest BCUT2D eigenvalue weighted by molar-refractivity contribution is 0.0793. The van der Waals surface area contributed by atoms with Crippen molar-refractivity contribution in [3.8, 4) is 5.75 Å². The Labute approximate surface area is 107 Å². The van der Waals surface area contributed by atoms with Crippen molar-refractivity contribution >= 4 is 17.5 Å². The molecule has 17 heavy (non-hydrogen) atoms. The molecular weight excluding hydrogens is 240 g/mol. The first-order valence-electron chi connectivity index (χ1n) is 5.33. The molecule has 1 amide bonds. The largest absolute Gasteiger partial charge is 0.496 e. The van der Waals surface area contributed by atoms with Crippen LogP contribution in [-0.4, -0.2) is 45.1 Å². The summed E-state index contributed by atoms with van der Waals surface area (Å²) in [6, 6.07) is 5.02. The molecule has 0 atom stereocenters. The summed E-state index contributed by atoms with van der Waals surface area (Å²) in [5, 5.41) is 3.52. The minimum atomic E-state index is -0.0976. The van der Waals surface area contributed by atoms with E-state index in [4.69, 9.17) is 16.3 Å². The third-order valence-electron chi connectivity index (χ3n) is 2.44. The summed E-state index contributed by atoms with van der Waals surface area (Å²) in [5.74, 6) is 0.440. The van der Waals surface area contributed by atoms with E-state index in [-0.39, 0.29) is 5.91 Å². The van der Waals surface area contributed by atoms with Gasteiger partial charge in [-0.25, -0.2) is 0 Å². The standard InChI is InChI=1S/C12H17ClN2O2/c1-14-6-7-15(2)12(16)10-8-9(13)4-5-11(10)17-3/h4-5,8,14H,6-7H2,1-3H3.